The first-order chi connectivity index (χ1) is 40.6. The third-order valence-corrected chi connectivity index (χ3v) is 21.2. The number of para-hydroxylation sites is 4. The zero-order chi connectivity index (χ0) is 58.0. The number of fused-ring (bicyclic) bond motifs is 4. The number of rotatable bonds is 11. The number of benzene rings is 10. The summed E-state index contributed by atoms with van der Waals surface area (Å²) in [6.07, 6.45) is 1.78. The molecule has 0 fully saturated rings. The Morgan fingerprint density at radius 3 is 1.57 bits per heavy atom. The quantitative estimate of drug-likeness (QED) is 0.0953. The van der Waals surface area contributed by atoms with Crippen molar-refractivity contribution >= 4 is 90.4 Å². The van der Waals surface area contributed by atoms with E-state index in [1.807, 2.05) is 12.1 Å². The van der Waals surface area contributed by atoms with Crippen molar-refractivity contribution in [3.63, 3.8) is 0 Å². The molecule has 0 saturated heterocycles. The minimum atomic E-state index is -2.93. The van der Waals surface area contributed by atoms with Crippen molar-refractivity contribution in [1.82, 2.24) is 9.55 Å². The molecule has 396 valence electrons. The fourth-order valence-corrected chi connectivity index (χ4v) is 17.0. The summed E-state index contributed by atoms with van der Waals surface area (Å²) in [5.74, 6) is 0.527. The maximum atomic E-state index is 9.20. The number of aryl methyl sites for hydroxylation is 1. The fourth-order valence-electron chi connectivity index (χ4n) is 12.2. The van der Waals surface area contributed by atoms with E-state index in [9.17, 15) is 4.11 Å². The van der Waals surface area contributed by atoms with Gasteiger partial charge >= 0.3 is 0 Å². The molecule has 13 rings (SSSR count). The van der Waals surface area contributed by atoms with Gasteiger partial charge in [0.05, 0.1) is 22.4 Å². The van der Waals surface area contributed by atoms with Gasteiger partial charge in [0.15, 0.2) is 8.07 Å². The van der Waals surface area contributed by atoms with E-state index < -0.39 is 14.9 Å². The minimum absolute atomic E-state index is 0.0256. The summed E-state index contributed by atoms with van der Waals surface area (Å²) >= 11 is 0. The molecule has 3 heterocycles. The highest BCUT2D eigenvalue weighted by atomic mass is 28.3. The van der Waals surface area contributed by atoms with Crippen molar-refractivity contribution in [2.45, 2.75) is 59.2 Å². The van der Waals surface area contributed by atoms with Crippen LogP contribution in [-0.2, 0) is 10.8 Å². The van der Waals surface area contributed by atoms with Gasteiger partial charge in [0.25, 0.3) is 0 Å². The second kappa shape index (κ2) is 20.5. The second-order valence-corrected chi connectivity index (χ2v) is 27.3. The number of pyridine rings is 1. The average molecular weight is 1070 g/mol. The van der Waals surface area contributed by atoms with E-state index in [1.165, 1.54) is 38.1 Å². The first-order valence-electron chi connectivity index (χ1n) is 29.6. The Balaban J connectivity index is 0.929. The molecule has 0 bridgehead atoms. The van der Waals surface area contributed by atoms with Crippen LogP contribution in [0.5, 0.6) is 0 Å². The number of hydrogen-bond donors (Lipinski definition) is 0. The van der Waals surface area contributed by atoms with Crippen molar-refractivity contribution in [2.24, 2.45) is 0 Å². The summed E-state index contributed by atoms with van der Waals surface area (Å²) in [6.45, 7) is 11.9. The Kier molecular flexibility index (Phi) is 12.1. The fraction of sp³-hybridized carbons (Fsp3) is 0.133. The summed E-state index contributed by atoms with van der Waals surface area (Å²) in [5.41, 5.74) is 13.6. The predicted molar refractivity (Wildman–Crippen MR) is 346 cm³/mol. The van der Waals surface area contributed by atoms with E-state index in [2.05, 4.69) is 303 Å². The van der Waals surface area contributed by atoms with Crippen molar-refractivity contribution in [3.05, 3.63) is 284 Å². The number of anilines is 7. The smallest absolute Gasteiger partial charge is 0.179 e. The first-order valence-corrected chi connectivity index (χ1v) is 30.1. The van der Waals surface area contributed by atoms with Gasteiger partial charge < -0.3 is 14.7 Å². The van der Waals surface area contributed by atoms with E-state index in [0.29, 0.717) is 18.1 Å². The Bertz CT molecular complexity index is 4250. The summed E-state index contributed by atoms with van der Waals surface area (Å²) in [7, 11) is -2.93. The molecule has 12 aromatic rings. The maximum absolute atomic E-state index is 9.20. The largest absolute Gasteiger partial charge is 0.321 e. The standard InChI is InChI=1S/C75H67N5Si/c1-53-44-73(76-51-68(53)54-26-24-37-65(45-54)81(62-31-14-9-15-32-62,63-33-16-10-17-34-63)64-35-18-11-19-36-64)80-69-39-21-20-38-66(69)67-43-42-60(50-72(67)80)79(57-27-12-8-13-28-57)59-30-25-29-58(49-59)77-52-78(71-41-23-22-40-70(71)77)61-47-55(74(2,3)4)46-56(48-61)75(5,6)7/h8-51H,52H2,1-7H3/i1D3. The topological polar surface area (TPSA) is 27.5 Å². The van der Waals surface area contributed by atoms with Crippen LogP contribution in [0.2, 0.25) is 0 Å². The molecule has 1 aliphatic rings. The van der Waals surface area contributed by atoms with Gasteiger partial charge in [-0.1, -0.05) is 224 Å². The molecular formula is C75H67N5Si. The van der Waals surface area contributed by atoms with Gasteiger partial charge in [-0.3, -0.25) is 4.57 Å². The van der Waals surface area contributed by atoms with Crippen LogP contribution in [0.15, 0.2) is 267 Å². The molecule has 10 aromatic carbocycles. The molecule has 2 aromatic heterocycles. The van der Waals surface area contributed by atoms with Crippen LogP contribution in [0.3, 0.4) is 0 Å². The highest BCUT2D eigenvalue weighted by molar-refractivity contribution is 7.19. The third kappa shape index (κ3) is 9.20. The lowest BCUT2D eigenvalue weighted by atomic mass is 9.80. The Morgan fingerprint density at radius 1 is 0.432 bits per heavy atom. The predicted octanol–water partition coefficient (Wildman–Crippen LogP) is 16.8. The van der Waals surface area contributed by atoms with Crippen LogP contribution in [0, 0.1) is 6.85 Å². The zero-order valence-electron chi connectivity index (χ0n) is 49.8. The van der Waals surface area contributed by atoms with E-state index in [4.69, 9.17) is 4.98 Å². The molecule has 0 amide bonds. The Labute approximate surface area is 482 Å². The summed E-state index contributed by atoms with van der Waals surface area (Å²) in [4.78, 5) is 12.5. The second-order valence-electron chi connectivity index (χ2n) is 23.5. The van der Waals surface area contributed by atoms with Crippen LogP contribution in [-0.4, -0.2) is 24.3 Å². The molecule has 0 aliphatic carbocycles. The normalized spacial score (nSPS) is 13.5. The van der Waals surface area contributed by atoms with Crippen LogP contribution in [0.4, 0.5) is 39.8 Å². The summed E-state index contributed by atoms with van der Waals surface area (Å²) in [6, 6.07) is 92.9. The molecule has 0 unspecified atom stereocenters. The zero-order valence-corrected chi connectivity index (χ0v) is 47.8. The molecular weight excluding hydrogens is 999 g/mol. The lowest BCUT2D eigenvalue weighted by molar-refractivity contribution is 0.568. The van der Waals surface area contributed by atoms with Crippen molar-refractivity contribution in [2.75, 3.05) is 21.4 Å². The van der Waals surface area contributed by atoms with E-state index in [1.54, 1.807) is 12.3 Å². The van der Waals surface area contributed by atoms with E-state index in [-0.39, 0.29) is 16.4 Å². The van der Waals surface area contributed by atoms with Gasteiger partial charge in [-0.15, -0.1) is 0 Å². The van der Waals surface area contributed by atoms with Gasteiger partial charge in [0.1, 0.15) is 12.5 Å². The van der Waals surface area contributed by atoms with Crippen LogP contribution in [0.25, 0.3) is 38.8 Å². The highest BCUT2D eigenvalue weighted by Crippen LogP contribution is 2.48. The van der Waals surface area contributed by atoms with Gasteiger partial charge in [-0.25, -0.2) is 4.98 Å². The number of hydrogen-bond acceptors (Lipinski definition) is 4. The van der Waals surface area contributed by atoms with E-state index >= 15 is 0 Å². The molecule has 1 aliphatic heterocycles. The lowest BCUT2D eigenvalue weighted by Crippen LogP contribution is -2.74. The van der Waals surface area contributed by atoms with Crippen molar-refractivity contribution < 1.29 is 4.11 Å². The summed E-state index contributed by atoms with van der Waals surface area (Å²) in [5, 5.41) is 6.95. The SMILES string of the molecule is [2H]C([2H])([2H])c1cc(-n2c3ccccc3c3ccc(N(c4ccccc4)c4cccc(N5CN(c6cc(C(C)(C)C)cc(C(C)(C)C)c6)c6ccccc65)c4)cc32)ncc1-c1cccc([Si](c2ccccc2)(c2ccccc2)c2ccccc2)c1. The molecule has 0 spiro atoms. The Hall–Kier alpha value is -9.23. The molecule has 0 N–H and O–H groups in total. The molecule has 0 radical (unpaired) electrons. The van der Waals surface area contributed by atoms with Crippen molar-refractivity contribution in [1.29, 1.82) is 0 Å². The van der Waals surface area contributed by atoms with Gasteiger partial charge in [0.2, 0.25) is 0 Å². The Morgan fingerprint density at radius 2 is 0.951 bits per heavy atom. The molecule has 81 heavy (non-hydrogen) atoms. The van der Waals surface area contributed by atoms with Gasteiger partial charge in [-0.05, 0) is 140 Å². The van der Waals surface area contributed by atoms with E-state index in [0.717, 1.165) is 61.0 Å². The number of aromatic nitrogens is 2. The van der Waals surface area contributed by atoms with Crippen LogP contribution < -0.4 is 35.4 Å². The lowest BCUT2D eigenvalue weighted by Gasteiger charge is -2.34. The number of nitrogens with zero attached hydrogens (tertiary/aromatic N) is 5. The third-order valence-electron chi connectivity index (χ3n) is 16.4. The molecule has 0 saturated carbocycles. The molecule has 6 heteroatoms. The first kappa shape index (κ1) is 47.7. The minimum Gasteiger partial charge on any atom is -0.321 e. The monoisotopic (exact) mass is 1070 g/mol. The molecule has 5 nitrogen and oxygen atoms in total. The highest BCUT2D eigenvalue weighted by Gasteiger charge is 2.41. The van der Waals surface area contributed by atoms with Gasteiger partial charge in [0, 0.05) is 55.1 Å². The molecule has 0 atom stereocenters. The maximum Gasteiger partial charge on any atom is 0.179 e. The summed E-state index contributed by atoms with van der Waals surface area (Å²) < 4.78 is 29.7. The average Bonchev–Trinajstić information content (AvgIpc) is 2.34. The van der Waals surface area contributed by atoms with Crippen molar-refractivity contribution in [3.8, 4) is 16.9 Å². The van der Waals surface area contributed by atoms with Crippen LogP contribution in [0.1, 0.15) is 62.3 Å². The van der Waals surface area contributed by atoms with Crippen LogP contribution >= 0.6 is 0 Å². The van der Waals surface area contributed by atoms with Gasteiger partial charge in [-0.2, -0.15) is 0 Å².